The Morgan fingerprint density at radius 1 is 0.622 bits per heavy atom. The zero-order chi connectivity index (χ0) is 25.2. The standard InChI is InChI=1S/C35H33NP/c1-26(2)31-24-22-27-23-25-33(36-35(27)31)32-20-12-13-21-34(32)37(28-14-6-3-7-15-28,29-16-8-4-9-17-29)30-18-10-5-11-19-30/h3-21,23,25-26,31H,22,24H2,1-2H3/q+1/t31-/m1/s1. The Balaban J connectivity index is 1.67. The van der Waals surface area contributed by atoms with Gasteiger partial charge in [-0.2, -0.15) is 0 Å². The number of aryl methyl sites for hydroxylation is 1. The second kappa shape index (κ2) is 10.1. The highest BCUT2D eigenvalue weighted by Crippen LogP contribution is 2.56. The first-order valence-corrected chi connectivity index (χ1v) is 15.1. The van der Waals surface area contributed by atoms with E-state index in [-0.39, 0.29) is 0 Å². The molecule has 1 aliphatic rings. The highest BCUT2D eigenvalue weighted by molar-refractivity contribution is 8.01. The summed E-state index contributed by atoms with van der Waals surface area (Å²) in [6.45, 7) is 4.66. The second-order valence-corrected chi connectivity index (χ2v) is 13.7. The highest BCUT2D eigenvalue weighted by atomic mass is 31.2. The monoisotopic (exact) mass is 498 g/mol. The molecule has 1 nitrogen and oxygen atoms in total. The molecule has 1 heterocycles. The number of nitrogens with zero attached hydrogens (tertiary/aromatic N) is 1. The van der Waals surface area contributed by atoms with Gasteiger partial charge in [0.25, 0.3) is 0 Å². The minimum atomic E-state index is -2.20. The number of hydrogen-bond donors (Lipinski definition) is 0. The highest BCUT2D eigenvalue weighted by Gasteiger charge is 2.49. The quantitative estimate of drug-likeness (QED) is 0.229. The van der Waals surface area contributed by atoms with Crippen LogP contribution in [0.3, 0.4) is 0 Å². The Hall–Kier alpha value is -3.54. The maximum atomic E-state index is 5.40. The Labute approximate surface area is 221 Å². The van der Waals surface area contributed by atoms with E-state index >= 15 is 0 Å². The molecule has 5 aromatic rings. The molecule has 1 atom stereocenters. The van der Waals surface area contributed by atoms with Gasteiger partial charge < -0.3 is 0 Å². The molecule has 0 N–H and O–H groups in total. The van der Waals surface area contributed by atoms with Gasteiger partial charge in [-0.25, -0.2) is 0 Å². The van der Waals surface area contributed by atoms with Gasteiger partial charge in [-0.1, -0.05) is 86.6 Å². The second-order valence-electron chi connectivity index (χ2n) is 10.3. The summed E-state index contributed by atoms with van der Waals surface area (Å²) in [7, 11) is -2.20. The molecular weight excluding hydrogens is 465 g/mol. The molecule has 37 heavy (non-hydrogen) atoms. The lowest BCUT2D eigenvalue weighted by atomic mass is 9.93. The summed E-state index contributed by atoms with van der Waals surface area (Å²) in [5.41, 5.74) is 5.07. The van der Waals surface area contributed by atoms with Crippen molar-refractivity contribution >= 4 is 28.5 Å². The van der Waals surface area contributed by atoms with E-state index in [1.165, 1.54) is 44.5 Å². The molecule has 0 aliphatic heterocycles. The fourth-order valence-corrected chi connectivity index (χ4v) is 10.5. The van der Waals surface area contributed by atoms with Crippen molar-refractivity contribution in [3.63, 3.8) is 0 Å². The average molecular weight is 499 g/mol. The Bertz CT molecular complexity index is 1400. The molecule has 0 saturated carbocycles. The largest absolute Gasteiger partial charge is 0.252 e. The number of hydrogen-bond acceptors (Lipinski definition) is 1. The molecule has 0 bridgehead atoms. The van der Waals surface area contributed by atoms with Crippen molar-refractivity contribution in [1.29, 1.82) is 0 Å². The molecule has 0 unspecified atom stereocenters. The predicted molar refractivity (Wildman–Crippen MR) is 160 cm³/mol. The fraction of sp³-hybridized carbons (Fsp3) is 0.171. The van der Waals surface area contributed by atoms with Crippen molar-refractivity contribution in [2.75, 3.05) is 0 Å². The third-order valence-electron chi connectivity index (χ3n) is 7.86. The van der Waals surface area contributed by atoms with Gasteiger partial charge in [-0.05, 0) is 78.9 Å². The topological polar surface area (TPSA) is 12.9 Å². The van der Waals surface area contributed by atoms with Crippen LogP contribution in [-0.2, 0) is 6.42 Å². The lowest BCUT2D eigenvalue weighted by Crippen LogP contribution is -2.39. The summed E-state index contributed by atoms with van der Waals surface area (Å²) in [5.74, 6) is 1.14. The molecule has 4 aromatic carbocycles. The van der Waals surface area contributed by atoms with E-state index in [0.29, 0.717) is 11.8 Å². The van der Waals surface area contributed by atoms with E-state index in [1.807, 2.05) is 0 Å². The number of aromatic nitrogens is 1. The Kier molecular flexibility index (Phi) is 6.49. The Morgan fingerprint density at radius 2 is 1.14 bits per heavy atom. The van der Waals surface area contributed by atoms with Crippen LogP contribution in [0.25, 0.3) is 11.3 Å². The predicted octanol–water partition coefficient (Wildman–Crippen LogP) is 7.05. The van der Waals surface area contributed by atoms with E-state index in [1.54, 1.807) is 0 Å². The van der Waals surface area contributed by atoms with Gasteiger partial charge in [0.2, 0.25) is 0 Å². The van der Waals surface area contributed by atoms with Crippen molar-refractivity contribution in [3.05, 3.63) is 139 Å². The van der Waals surface area contributed by atoms with Crippen LogP contribution in [0.4, 0.5) is 0 Å². The van der Waals surface area contributed by atoms with Crippen molar-refractivity contribution < 1.29 is 0 Å². The molecule has 1 aromatic heterocycles. The summed E-state index contributed by atoms with van der Waals surface area (Å²) < 4.78 is 0. The number of rotatable bonds is 6. The van der Waals surface area contributed by atoms with Gasteiger partial charge in [-0.3, -0.25) is 4.98 Å². The summed E-state index contributed by atoms with van der Waals surface area (Å²) in [6, 6.07) is 46.9. The van der Waals surface area contributed by atoms with Crippen LogP contribution in [0, 0.1) is 5.92 Å². The third kappa shape index (κ3) is 4.12. The van der Waals surface area contributed by atoms with Crippen LogP contribution >= 0.6 is 7.26 Å². The SMILES string of the molecule is CC(C)[C@H]1CCc2ccc(-c3ccccc3[P+](c3ccccc3)(c3ccccc3)c3ccccc3)nc21. The zero-order valence-corrected chi connectivity index (χ0v) is 22.5. The van der Waals surface area contributed by atoms with Crippen LogP contribution in [0.15, 0.2) is 127 Å². The summed E-state index contributed by atoms with van der Waals surface area (Å²) in [4.78, 5) is 5.40. The van der Waals surface area contributed by atoms with Gasteiger partial charge in [0.05, 0.1) is 5.69 Å². The van der Waals surface area contributed by atoms with Crippen LogP contribution in [0.5, 0.6) is 0 Å². The van der Waals surface area contributed by atoms with Crippen LogP contribution in [0.2, 0.25) is 0 Å². The average Bonchev–Trinajstić information content (AvgIpc) is 3.39. The summed E-state index contributed by atoms with van der Waals surface area (Å²) in [6.07, 6.45) is 2.35. The first-order chi connectivity index (χ1) is 18.2. The molecule has 1 aliphatic carbocycles. The number of pyridine rings is 1. The van der Waals surface area contributed by atoms with Crippen molar-refractivity contribution in [1.82, 2.24) is 4.98 Å². The van der Waals surface area contributed by atoms with E-state index in [9.17, 15) is 0 Å². The minimum absolute atomic E-state index is 0.541. The molecular formula is C35H33NP+. The van der Waals surface area contributed by atoms with Crippen LogP contribution in [-0.4, -0.2) is 4.98 Å². The molecule has 6 rings (SSSR count). The minimum Gasteiger partial charge on any atom is -0.252 e. The zero-order valence-electron chi connectivity index (χ0n) is 21.6. The number of benzene rings is 4. The summed E-state index contributed by atoms with van der Waals surface area (Å²) >= 11 is 0. The lowest BCUT2D eigenvalue weighted by Gasteiger charge is -2.29. The first-order valence-electron chi connectivity index (χ1n) is 13.4. The molecule has 0 fully saturated rings. The Morgan fingerprint density at radius 3 is 1.68 bits per heavy atom. The normalized spacial score (nSPS) is 15.1. The van der Waals surface area contributed by atoms with Crippen LogP contribution < -0.4 is 21.2 Å². The van der Waals surface area contributed by atoms with Gasteiger partial charge in [0, 0.05) is 17.2 Å². The maximum absolute atomic E-state index is 5.40. The maximum Gasteiger partial charge on any atom is 0.145 e. The van der Waals surface area contributed by atoms with Crippen molar-refractivity contribution in [2.24, 2.45) is 5.92 Å². The van der Waals surface area contributed by atoms with Gasteiger partial charge in [0.15, 0.2) is 0 Å². The molecule has 2 heteroatoms. The molecule has 0 radical (unpaired) electrons. The third-order valence-corrected chi connectivity index (χ3v) is 12.2. The van der Waals surface area contributed by atoms with Gasteiger partial charge >= 0.3 is 0 Å². The van der Waals surface area contributed by atoms with E-state index in [2.05, 4.69) is 141 Å². The van der Waals surface area contributed by atoms with E-state index in [4.69, 9.17) is 4.98 Å². The van der Waals surface area contributed by atoms with Gasteiger partial charge in [0.1, 0.15) is 28.5 Å². The first kappa shape index (κ1) is 23.8. The van der Waals surface area contributed by atoms with E-state index in [0.717, 1.165) is 12.1 Å². The number of fused-ring (bicyclic) bond motifs is 1. The fourth-order valence-electron chi connectivity index (χ4n) is 6.08. The van der Waals surface area contributed by atoms with Gasteiger partial charge in [-0.15, -0.1) is 0 Å². The smallest absolute Gasteiger partial charge is 0.145 e. The van der Waals surface area contributed by atoms with E-state index < -0.39 is 7.26 Å². The molecule has 0 amide bonds. The van der Waals surface area contributed by atoms with Crippen LogP contribution in [0.1, 0.15) is 37.4 Å². The molecule has 182 valence electrons. The lowest BCUT2D eigenvalue weighted by molar-refractivity contribution is 0.488. The summed E-state index contributed by atoms with van der Waals surface area (Å²) in [5, 5.41) is 5.45. The van der Waals surface area contributed by atoms with Crippen molar-refractivity contribution in [2.45, 2.75) is 32.6 Å². The van der Waals surface area contributed by atoms with Crippen molar-refractivity contribution in [3.8, 4) is 11.3 Å². The molecule has 0 spiro atoms. The molecule has 0 saturated heterocycles.